The van der Waals surface area contributed by atoms with Crippen molar-refractivity contribution in [3.63, 3.8) is 0 Å². The maximum Gasteiger partial charge on any atom is 0.141 e. The Morgan fingerprint density at radius 3 is 2.36 bits per heavy atom. The van der Waals surface area contributed by atoms with E-state index in [4.69, 9.17) is 4.74 Å². The first-order chi connectivity index (χ1) is 12.3. The molecule has 0 aliphatic rings. The smallest absolute Gasteiger partial charge is 0.141 e. The van der Waals surface area contributed by atoms with Crippen molar-refractivity contribution in [2.45, 2.75) is 0 Å². The number of nitrogens with zero attached hydrogens (tertiary/aromatic N) is 2. The Kier molecular flexibility index (Phi) is 3.96. The normalized spacial score (nSPS) is 10.6. The Hall–Kier alpha value is -3.47. The van der Waals surface area contributed by atoms with Crippen LogP contribution < -0.4 is 10.1 Å². The zero-order valence-corrected chi connectivity index (χ0v) is 13.2. The molecule has 0 aliphatic carbocycles. The number of hydrogen-bond acceptors (Lipinski definition) is 4. The fraction of sp³-hybridized carbons (Fsp3) is 0. The molecule has 0 amide bonds. The maximum absolute atomic E-state index is 13.5. The lowest BCUT2D eigenvalue weighted by molar-refractivity contribution is 0.483. The molecular formula is C20H14FN3O. The number of benzene rings is 3. The van der Waals surface area contributed by atoms with Gasteiger partial charge in [-0.15, -0.1) is 0 Å². The fourth-order valence-corrected chi connectivity index (χ4v) is 2.50. The van der Waals surface area contributed by atoms with Crippen molar-refractivity contribution in [3.05, 3.63) is 84.9 Å². The van der Waals surface area contributed by atoms with E-state index in [1.807, 2.05) is 54.6 Å². The average molecular weight is 331 g/mol. The van der Waals surface area contributed by atoms with Crippen molar-refractivity contribution in [1.29, 1.82) is 0 Å². The van der Waals surface area contributed by atoms with Gasteiger partial charge < -0.3 is 10.1 Å². The predicted octanol–water partition coefficient (Wildman–Crippen LogP) is 5.30. The molecular weight excluding hydrogens is 317 g/mol. The Bertz CT molecular complexity index is 1000. The van der Waals surface area contributed by atoms with E-state index in [2.05, 4.69) is 15.3 Å². The molecule has 5 heteroatoms. The zero-order chi connectivity index (χ0) is 17.1. The molecule has 122 valence electrons. The summed E-state index contributed by atoms with van der Waals surface area (Å²) >= 11 is 0. The van der Waals surface area contributed by atoms with Crippen LogP contribution in [0.2, 0.25) is 0 Å². The first-order valence-corrected chi connectivity index (χ1v) is 7.78. The van der Waals surface area contributed by atoms with E-state index in [-0.39, 0.29) is 5.82 Å². The molecule has 4 nitrogen and oxygen atoms in total. The fourth-order valence-electron chi connectivity index (χ4n) is 2.50. The molecule has 0 radical (unpaired) electrons. The molecule has 0 spiro atoms. The van der Waals surface area contributed by atoms with Gasteiger partial charge >= 0.3 is 0 Å². The van der Waals surface area contributed by atoms with Gasteiger partial charge in [-0.3, -0.25) is 0 Å². The molecule has 4 aromatic rings. The summed E-state index contributed by atoms with van der Waals surface area (Å²) in [4.78, 5) is 8.36. The summed E-state index contributed by atoms with van der Waals surface area (Å²) in [6.07, 6.45) is 1.45. The van der Waals surface area contributed by atoms with E-state index < -0.39 is 0 Å². The first-order valence-electron chi connectivity index (χ1n) is 7.78. The van der Waals surface area contributed by atoms with Crippen molar-refractivity contribution < 1.29 is 9.13 Å². The van der Waals surface area contributed by atoms with Gasteiger partial charge in [-0.2, -0.15) is 0 Å². The van der Waals surface area contributed by atoms with Crippen LogP contribution in [0.3, 0.4) is 0 Å². The van der Waals surface area contributed by atoms with E-state index in [0.717, 1.165) is 17.2 Å². The minimum Gasteiger partial charge on any atom is -0.457 e. The topological polar surface area (TPSA) is 47.0 Å². The summed E-state index contributed by atoms with van der Waals surface area (Å²) in [6.45, 7) is 0. The third kappa shape index (κ3) is 3.40. The highest BCUT2D eigenvalue weighted by molar-refractivity contribution is 5.90. The number of anilines is 2. The number of fused-ring (bicyclic) bond motifs is 1. The molecule has 0 fully saturated rings. The van der Waals surface area contributed by atoms with Crippen LogP contribution >= 0.6 is 0 Å². The van der Waals surface area contributed by atoms with Crippen molar-refractivity contribution in [2.75, 3.05) is 5.32 Å². The van der Waals surface area contributed by atoms with Gasteiger partial charge in [0.15, 0.2) is 0 Å². The molecule has 25 heavy (non-hydrogen) atoms. The van der Waals surface area contributed by atoms with Crippen LogP contribution in [0.1, 0.15) is 0 Å². The first kappa shape index (κ1) is 15.1. The van der Waals surface area contributed by atoms with E-state index >= 15 is 0 Å². The van der Waals surface area contributed by atoms with Crippen LogP contribution in [-0.2, 0) is 0 Å². The van der Waals surface area contributed by atoms with Crippen LogP contribution in [0.25, 0.3) is 10.9 Å². The summed E-state index contributed by atoms with van der Waals surface area (Å²) in [5.41, 5.74) is 1.51. The largest absolute Gasteiger partial charge is 0.457 e. The second kappa shape index (κ2) is 6.57. The van der Waals surface area contributed by atoms with Gasteiger partial charge in [0.1, 0.15) is 29.5 Å². The molecule has 0 saturated heterocycles. The van der Waals surface area contributed by atoms with Gasteiger partial charge in [0.05, 0.1) is 5.52 Å². The summed E-state index contributed by atoms with van der Waals surface area (Å²) in [5, 5.41) is 3.82. The molecule has 3 aromatic carbocycles. The van der Waals surface area contributed by atoms with Crippen LogP contribution in [-0.4, -0.2) is 9.97 Å². The van der Waals surface area contributed by atoms with E-state index in [0.29, 0.717) is 16.7 Å². The van der Waals surface area contributed by atoms with Gasteiger partial charge in [0.25, 0.3) is 0 Å². The summed E-state index contributed by atoms with van der Waals surface area (Å²) in [7, 11) is 0. The summed E-state index contributed by atoms with van der Waals surface area (Å²) < 4.78 is 19.3. The number of rotatable bonds is 4. The van der Waals surface area contributed by atoms with Crippen molar-refractivity contribution in [1.82, 2.24) is 9.97 Å². The number of hydrogen-bond donors (Lipinski definition) is 1. The second-order valence-electron chi connectivity index (χ2n) is 5.45. The highest BCUT2D eigenvalue weighted by atomic mass is 19.1. The third-order valence-electron chi connectivity index (χ3n) is 3.69. The van der Waals surface area contributed by atoms with Gasteiger partial charge in [-0.1, -0.05) is 18.2 Å². The quantitative estimate of drug-likeness (QED) is 0.551. The SMILES string of the molecule is Fc1ccc2ncnc(Nc3ccc(Oc4ccccc4)cc3)c2c1. The number of nitrogens with one attached hydrogen (secondary N) is 1. The van der Waals surface area contributed by atoms with E-state index in [9.17, 15) is 4.39 Å². The standard InChI is InChI=1S/C20H14FN3O/c21-14-6-11-19-18(12-14)20(23-13-22-19)24-15-7-9-17(10-8-15)25-16-4-2-1-3-5-16/h1-13H,(H,22,23,24). The molecule has 0 saturated carbocycles. The molecule has 1 N–H and O–H groups in total. The Labute approximate surface area is 143 Å². The average Bonchev–Trinajstić information content (AvgIpc) is 2.65. The number of halogens is 1. The molecule has 0 aliphatic heterocycles. The van der Waals surface area contributed by atoms with Crippen molar-refractivity contribution in [3.8, 4) is 11.5 Å². The van der Waals surface area contributed by atoms with Crippen LogP contribution in [0.15, 0.2) is 79.1 Å². The number of aromatic nitrogens is 2. The molecule has 0 bridgehead atoms. The summed E-state index contributed by atoms with van der Waals surface area (Å²) in [5.74, 6) is 1.74. The molecule has 0 atom stereocenters. The van der Waals surface area contributed by atoms with Gasteiger partial charge in [0, 0.05) is 11.1 Å². The number of para-hydroxylation sites is 1. The van der Waals surface area contributed by atoms with Crippen LogP contribution in [0.5, 0.6) is 11.5 Å². The predicted molar refractivity (Wildman–Crippen MR) is 95.7 cm³/mol. The lowest BCUT2D eigenvalue weighted by Gasteiger charge is -2.10. The second-order valence-corrected chi connectivity index (χ2v) is 5.45. The van der Waals surface area contributed by atoms with Crippen molar-refractivity contribution in [2.24, 2.45) is 0 Å². The van der Waals surface area contributed by atoms with E-state index in [1.165, 1.54) is 18.5 Å². The molecule has 1 heterocycles. The van der Waals surface area contributed by atoms with Gasteiger partial charge in [-0.25, -0.2) is 14.4 Å². The third-order valence-corrected chi connectivity index (χ3v) is 3.69. The maximum atomic E-state index is 13.5. The highest BCUT2D eigenvalue weighted by Crippen LogP contribution is 2.26. The lowest BCUT2D eigenvalue weighted by Crippen LogP contribution is -1.96. The summed E-state index contributed by atoms with van der Waals surface area (Å²) in [6, 6.07) is 21.5. The van der Waals surface area contributed by atoms with Crippen molar-refractivity contribution >= 4 is 22.4 Å². The lowest BCUT2D eigenvalue weighted by atomic mass is 10.2. The minimum atomic E-state index is -0.322. The Morgan fingerprint density at radius 1 is 0.800 bits per heavy atom. The van der Waals surface area contributed by atoms with E-state index in [1.54, 1.807) is 6.07 Å². The van der Waals surface area contributed by atoms with Crippen LogP contribution in [0.4, 0.5) is 15.9 Å². The van der Waals surface area contributed by atoms with Gasteiger partial charge in [0.2, 0.25) is 0 Å². The Morgan fingerprint density at radius 2 is 1.56 bits per heavy atom. The molecule has 4 rings (SSSR count). The Balaban J connectivity index is 1.56. The number of ether oxygens (including phenoxy) is 1. The monoisotopic (exact) mass is 331 g/mol. The zero-order valence-electron chi connectivity index (χ0n) is 13.2. The van der Waals surface area contributed by atoms with Crippen LogP contribution in [0, 0.1) is 5.82 Å². The highest BCUT2D eigenvalue weighted by Gasteiger charge is 2.06. The molecule has 0 unspecified atom stereocenters. The van der Waals surface area contributed by atoms with Gasteiger partial charge in [-0.05, 0) is 54.6 Å². The molecule has 1 aromatic heterocycles. The minimum absolute atomic E-state index is 0.322.